The van der Waals surface area contributed by atoms with Crippen LogP contribution in [0.1, 0.15) is 18.4 Å². The molecule has 1 aromatic heterocycles. The van der Waals surface area contributed by atoms with Crippen LogP contribution in [0.2, 0.25) is 0 Å². The first-order chi connectivity index (χ1) is 8.69. The van der Waals surface area contributed by atoms with Crippen molar-refractivity contribution in [3.63, 3.8) is 0 Å². The lowest BCUT2D eigenvalue weighted by Gasteiger charge is -2.09. The van der Waals surface area contributed by atoms with Crippen molar-refractivity contribution in [1.29, 1.82) is 0 Å². The van der Waals surface area contributed by atoms with E-state index in [4.69, 9.17) is 4.52 Å². The molecule has 0 saturated heterocycles. The zero-order valence-electron chi connectivity index (χ0n) is 10.9. The molecule has 0 aliphatic heterocycles. The average molecular weight is 243 g/mol. The third-order valence-electron chi connectivity index (χ3n) is 2.46. The first-order valence-corrected chi connectivity index (χ1v) is 5.89. The van der Waals surface area contributed by atoms with E-state index in [2.05, 4.69) is 41.3 Å². The average Bonchev–Trinajstić information content (AvgIpc) is 2.78. The molecule has 0 unspecified atom stereocenters. The number of aromatic nitrogens is 2. The summed E-state index contributed by atoms with van der Waals surface area (Å²) in [6, 6.07) is 8.20. The van der Waals surface area contributed by atoms with Gasteiger partial charge in [0.1, 0.15) is 0 Å². The maximum atomic E-state index is 5.10. The molecule has 0 atom stereocenters. The largest absolute Gasteiger partial charge is 0.334 e. The second kappa shape index (κ2) is 5.60. The Balaban J connectivity index is 2.17. The number of rotatable bonds is 4. The van der Waals surface area contributed by atoms with Crippen molar-refractivity contribution in [3.8, 4) is 11.4 Å². The van der Waals surface area contributed by atoms with Gasteiger partial charge in [-0.3, -0.25) is 0 Å². The third kappa shape index (κ3) is 3.05. The number of allylic oxidation sites excluding steroid dienone is 1. The predicted octanol–water partition coefficient (Wildman–Crippen LogP) is 2.83. The highest BCUT2D eigenvalue weighted by Gasteiger charge is 2.06. The fraction of sp³-hybridized carbons (Fsp3) is 0.286. The van der Waals surface area contributed by atoms with Crippen LogP contribution in [0.25, 0.3) is 17.5 Å². The molecule has 0 saturated carbocycles. The molecule has 0 bridgehead atoms. The van der Waals surface area contributed by atoms with Gasteiger partial charge in [-0.25, -0.2) is 0 Å². The van der Waals surface area contributed by atoms with Crippen molar-refractivity contribution in [1.82, 2.24) is 15.0 Å². The van der Waals surface area contributed by atoms with Crippen LogP contribution < -0.4 is 0 Å². The lowest BCUT2D eigenvalue weighted by Crippen LogP contribution is -2.10. The second-order valence-corrected chi connectivity index (χ2v) is 4.39. The maximum Gasteiger partial charge on any atom is 0.250 e. The molecule has 1 aromatic carbocycles. The minimum Gasteiger partial charge on any atom is -0.334 e. The van der Waals surface area contributed by atoms with E-state index in [0.717, 1.165) is 12.1 Å². The van der Waals surface area contributed by atoms with E-state index < -0.39 is 0 Å². The molecule has 18 heavy (non-hydrogen) atoms. The summed E-state index contributed by atoms with van der Waals surface area (Å²) in [6.07, 6.45) is 3.66. The SMILES string of the molecule is CC=Cc1nc(-c2ccc(CN(C)C)cc2)no1. The van der Waals surface area contributed by atoms with Crippen LogP contribution in [0, 0.1) is 0 Å². The lowest BCUT2D eigenvalue weighted by atomic mass is 10.1. The van der Waals surface area contributed by atoms with Crippen LogP contribution in [0.4, 0.5) is 0 Å². The number of hydrogen-bond acceptors (Lipinski definition) is 4. The van der Waals surface area contributed by atoms with Crippen molar-refractivity contribution in [2.75, 3.05) is 14.1 Å². The molecule has 2 rings (SSSR count). The fourth-order valence-electron chi connectivity index (χ4n) is 1.69. The summed E-state index contributed by atoms with van der Waals surface area (Å²) in [7, 11) is 4.10. The summed E-state index contributed by atoms with van der Waals surface area (Å²) in [6.45, 7) is 2.84. The Morgan fingerprint density at radius 3 is 2.56 bits per heavy atom. The smallest absolute Gasteiger partial charge is 0.250 e. The van der Waals surface area contributed by atoms with E-state index in [9.17, 15) is 0 Å². The summed E-state index contributed by atoms with van der Waals surface area (Å²) in [5.41, 5.74) is 2.23. The Kier molecular flexibility index (Phi) is 3.89. The van der Waals surface area contributed by atoms with E-state index in [1.165, 1.54) is 5.56 Å². The van der Waals surface area contributed by atoms with Crippen molar-refractivity contribution in [3.05, 3.63) is 41.8 Å². The minimum absolute atomic E-state index is 0.532. The van der Waals surface area contributed by atoms with Crippen LogP contribution in [0.15, 0.2) is 34.9 Å². The van der Waals surface area contributed by atoms with Gasteiger partial charge in [-0.2, -0.15) is 4.98 Å². The molecular formula is C14H17N3O. The lowest BCUT2D eigenvalue weighted by molar-refractivity contribution is 0.402. The first kappa shape index (κ1) is 12.5. The Morgan fingerprint density at radius 1 is 1.22 bits per heavy atom. The minimum atomic E-state index is 0.532. The zero-order chi connectivity index (χ0) is 13.0. The van der Waals surface area contributed by atoms with Gasteiger partial charge in [-0.05, 0) is 32.7 Å². The van der Waals surface area contributed by atoms with E-state index in [0.29, 0.717) is 11.7 Å². The van der Waals surface area contributed by atoms with Gasteiger partial charge >= 0.3 is 0 Å². The molecule has 2 aromatic rings. The molecule has 0 spiro atoms. The fourth-order valence-corrected chi connectivity index (χ4v) is 1.69. The molecule has 0 aliphatic rings. The zero-order valence-corrected chi connectivity index (χ0v) is 10.9. The highest BCUT2D eigenvalue weighted by Crippen LogP contribution is 2.17. The van der Waals surface area contributed by atoms with E-state index in [1.54, 1.807) is 6.08 Å². The molecular weight excluding hydrogens is 226 g/mol. The van der Waals surface area contributed by atoms with Gasteiger partial charge in [0.2, 0.25) is 5.82 Å². The van der Waals surface area contributed by atoms with Crippen LogP contribution in [0.3, 0.4) is 0 Å². The van der Waals surface area contributed by atoms with Crippen LogP contribution in [-0.4, -0.2) is 29.1 Å². The third-order valence-corrected chi connectivity index (χ3v) is 2.46. The molecule has 0 fully saturated rings. The van der Waals surface area contributed by atoms with Crippen molar-refractivity contribution in [2.45, 2.75) is 13.5 Å². The molecule has 4 heteroatoms. The Morgan fingerprint density at radius 2 is 1.94 bits per heavy atom. The Hall–Kier alpha value is -1.94. The number of benzene rings is 1. The molecule has 1 heterocycles. The Labute approximate surface area is 107 Å². The summed E-state index contributed by atoms with van der Waals surface area (Å²) in [4.78, 5) is 6.42. The van der Waals surface area contributed by atoms with Crippen LogP contribution in [-0.2, 0) is 6.54 Å². The normalized spacial score (nSPS) is 11.6. The second-order valence-electron chi connectivity index (χ2n) is 4.39. The van der Waals surface area contributed by atoms with Gasteiger partial charge in [-0.1, -0.05) is 35.5 Å². The van der Waals surface area contributed by atoms with Gasteiger partial charge in [0.05, 0.1) is 0 Å². The summed E-state index contributed by atoms with van der Waals surface area (Å²) in [5.74, 6) is 1.16. The Bertz CT molecular complexity index is 526. The molecule has 0 amide bonds. The first-order valence-electron chi connectivity index (χ1n) is 5.89. The summed E-state index contributed by atoms with van der Waals surface area (Å²) in [5, 5.41) is 3.95. The number of hydrogen-bond donors (Lipinski definition) is 0. The standard InChI is InChI=1S/C14H17N3O/c1-4-5-13-15-14(16-18-13)12-8-6-11(7-9-12)10-17(2)3/h4-9H,10H2,1-3H3. The quantitative estimate of drug-likeness (QED) is 0.828. The molecule has 0 aliphatic carbocycles. The van der Waals surface area contributed by atoms with Crippen molar-refractivity contribution in [2.24, 2.45) is 0 Å². The van der Waals surface area contributed by atoms with Crippen LogP contribution >= 0.6 is 0 Å². The summed E-state index contributed by atoms with van der Waals surface area (Å²) >= 11 is 0. The van der Waals surface area contributed by atoms with Gasteiger partial charge in [0.25, 0.3) is 5.89 Å². The molecule has 0 N–H and O–H groups in total. The van der Waals surface area contributed by atoms with E-state index in [-0.39, 0.29) is 0 Å². The highest BCUT2D eigenvalue weighted by atomic mass is 16.5. The number of nitrogens with zero attached hydrogens (tertiary/aromatic N) is 3. The predicted molar refractivity (Wildman–Crippen MR) is 71.8 cm³/mol. The monoisotopic (exact) mass is 243 g/mol. The van der Waals surface area contributed by atoms with Gasteiger partial charge in [0, 0.05) is 12.1 Å². The molecule has 0 radical (unpaired) electrons. The van der Waals surface area contributed by atoms with Gasteiger partial charge in [0.15, 0.2) is 0 Å². The van der Waals surface area contributed by atoms with Crippen molar-refractivity contribution >= 4 is 6.08 Å². The molecule has 94 valence electrons. The maximum absolute atomic E-state index is 5.10. The summed E-state index contributed by atoms with van der Waals surface area (Å²) < 4.78 is 5.10. The topological polar surface area (TPSA) is 42.2 Å². The van der Waals surface area contributed by atoms with E-state index in [1.807, 2.05) is 25.1 Å². The molecule has 4 nitrogen and oxygen atoms in total. The highest BCUT2D eigenvalue weighted by molar-refractivity contribution is 5.56. The van der Waals surface area contributed by atoms with Gasteiger partial charge in [-0.15, -0.1) is 0 Å². The van der Waals surface area contributed by atoms with Crippen molar-refractivity contribution < 1.29 is 4.52 Å². The van der Waals surface area contributed by atoms with E-state index >= 15 is 0 Å². The van der Waals surface area contributed by atoms with Crippen LogP contribution in [0.5, 0.6) is 0 Å². The van der Waals surface area contributed by atoms with Gasteiger partial charge < -0.3 is 9.42 Å².